The minimum atomic E-state index is 0.287. The largest absolute Gasteiger partial charge is 0.376 e. The normalized spacial score (nSPS) is 25.1. The highest BCUT2D eigenvalue weighted by Gasteiger charge is 2.24. The van der Waals surface area contributed by atoms with Crippen LogP contribution < -0.4 is 5.32 Å². The molecule has 5 nitrogen and oxygen atoms in total. The lowest BCUT2D eigenvalue weighted by Crippen LogP contribution is -2.46. The van der Waals surface area contributed by atoms with Crippen LogP contribution >= 0.6 is 0 Å². The van der Waals surface area contributed by atoms with Gasteiger partial charge >= 0.3 is 0 Å². The fourth-order valence-electron chi connectivity index (χ4n) is 2.20. The van der Waals surface area contributed by atoms with E-state index in [-0.39, 0.29) is 6.10 Å². The highest BCUT2D eigenvalue weighted by Crippen LogP contribution is 2.15. The van der Waals surface area contributed by atoms with Crippen molar-refractivity contribution in [1.82, 2.24) is 14.9 Å². The lowest BCUT2D eigenvalue weighted by atomic mass is 10.2. The Morgan fingerprint density at radius 2 is 2.22 bits per heavy atom. The summed E-state index contributed by atoms with van der Waals surface area (Å²) in [4.78, 5) is 11.4. The predicted molar refractivity (Wildman–Crippen MR) is 71.6 cm³/mol. The number of aryl methyl sites for hydroxylation is 1. The van der Waals surface area contributed by atoms with E-state index in [9.17, 15) is 0 Å². The summed E-state index contributed by atoms with van der Waals surface area (Å²) < 4.78 is 5.63. The lowest BCUT2D eigenvalue weighted by molar-refractivity contribution is -0.0534. The van der Waals surface area contributed by atoms with Crippen LogP contribution in [0.1, 0.15) is 25.4 Å². The molecule has 1 saturated heterocycles. The molecule has 0 amide bonds. The van der Waals surface area contributed by atoms with Gasteiger partial charge in [0.1, 0.15) is 11.6 Å². The van der Waals surface area contributed by atoms with Crippen LogP contribution in [0.25, 0.3) is 0 Å². The maximum Gasteiger partial charge on any atom is 0.144 e. The number of aromatic nitrogens is 2. The van der Waals surface area contributed by atoms with Gasteiger partial charge in [-0.05, 0) is 20.8 Å². The topological polar surface area (TPSA) is 50.3 Å². The summed E-state index contributed by atoms with van der Waals surface area (Å²) in [5.41, 5.74) is 0.998. The minimum absolute atomic E-state index is 0.287. The summed E-state index contributed by atoms with van der Waals surface area (Å²) >= 11 is 0. The molecule has 0 spiro atoms. The number of anilines is 1. The summed E-state index contributed by atoms with van der Waals surface area (Å²) in [6, 6.07) is 2.37. The second kappa shape index (κ2) is 5.63. The fourth-order valence-corrected chi connectivity index (χ4v) is 2.20. The van der Waals surface area contributed by atoms with Gasteiger partial charge in [0.15, 0.2) is 0 Å². The third kappa shape index (κ3) is 3.17. The number of hydrogen-bond acceptors (Lipinski definition) is 5. The SMILES string of the molecule is CNc1cc(C)nc(CN2CC(C)OCC2C)n1. The van der Waals surface area contributed by atoms with E-state index in [0.29, 0.717) is 6.04 Å². The third-order valence-corrected chi connectivity index (χ3v) is 3.24. The van der Waals surface area contributed by atoms with E-state index in [4.69, 9.17) is 4.74 Å². The Bertz CT molecular complexity index is 410. The molecule has 1 aromatic heterocycles. The van der Waals surface area contributed by atoms with Crippen molar-refractivity contribution in [3.05, 3.63) is 17.6 Å². The number of nitrogens with zero attached hydrogens (tertiary/aromatic N) is 3. The van der Waals surface area contributed by atoms with Crippen LogP contribution in [0.4, 0.5) is 5.82 Å². The molecule has 0 saturated carbocycles. The Labute approximate surface area is 109 Å². The van der Waals surface area contributed by atoms with Gasteiger partial charge in [0.2, 0.25) is 0 Å². The monoisotopic (exact) mass is 250 g/mol. The Morgan fingerprint density at radius 3 is 2.94 bits per heavy atom. The van der Waals surface area contributed by atoms with Crippen molar-refractivity contribution in [3.8, 4) is 0 Å². The smallest absolute Gasteiger partial charge is 0.144 e. The summed E-state index contributed by atoms with van der Waals surface area (Å²) in [5.74, 6) is 1.76. The van der Waals surface area contributed by atoms with Gasteiger partial charge in [-0.25, -0.2) is 9.97 Å². The molecule has 0 aromatic carbocycles. The van der Waals surface area contributed by atoms with E-state index in [1.165, 1.54) is 0 Å². The molecule has 2 atom stereocenters. The quantitative estimate of drug-likeness (QED) is 0.879. The Morgan fingerprint density at radius 1 is 1.44 bits per heavy atom. The third-order valence-electron chi connectivity index (χ3n) is 3.24. The molecule has 1 N–H and O–H groups in total. The molecule has 1 aromatic rings. The van der Waals surface area contributed by atoms with Gasteiger partial charge in [-0.3, -0.25) is 4.90 Å². The Balaban J connectivity index is 2.10. The van der Waals surface area contributed by atoms with Gasteiger partial charge < -0.3 is 10.1 Å². The first-order chi connectivity index (χ1) is 8.58. The molecule has 5 heteroatoms. The molecule has 0 radical (unpaired) electrons. The first-order valence-corrected chi connectivity index (χ1v) is 6.46. The Hall–Kier alpha value is -1.20. The minimum Gasteiger partial charge on any atom is -0.376 e. The van der Waals surface area contributed by atoms with E-state index in [0.717, 1.165) is 37.0 Å². The number of hydrogen-bond donors (Lipinski definition) is 1. The molecule has 2 unspecified atom stereocenters. The predicted octanol–water partition coefficient (Wildman–Crippen LogP) is 1.44. The van der Waals surface area contributed by atoms with Crippen molar-refractivity contribution in [2.24, 2.45) is 0 Å². The maximum absolute atomic E-state index is 5.63. The van der Waals surface area contributed by atoms with Crippen LogP contribution in [-0.2, 0) is 11.3 Å². The second-order valence-corrected chi connectivity index (χ2v) is 4.98. The van der Waals surface area contributed by atoms with Crippen molar-refractivity contribution in [1.29, 1.82) is 0 Å². The van der Waals surface area contributed by atoms with Crippen molar-refractivity contribution in [2.75, 3.05) is 25.5 Å². The van der Waals surface area contributed by atoms with Gasteiger partial charge in [-0.1, -0.05) is 0 Å². The molecule has 0 aliphatic carbocycles. The van der Waals surface area contributed by atoms with Crippen LogP contribution in [0.15, 0.2) is 6.07 Å². The van der Waals surface area contributed by atoms with Crippen LogP contribution in [0.3, 0.4) is 0 Å². The van der Waals surface area contributed by atoms with E-state index in [1.807, 2.05) is 20.0 Å². The standard InChI is InChI=1S/C13H22N4O/c1-9-5-12(14-4)16-13(15-9)7-17-6-11(3)18-8-10(17)2/h5,10-11H,6-8H2,1-4H3,(H,14,15,16). The average molecular weight is 250 g/mol. The number of morpholine rings is 1. The lowest BCUT2D eigenvalue weighted by Gasteiger charge is -2.36. The van der Waals surface area contributed by atoms with Crippen molar-refractivity contribution in [3.63, 3.8) is 0 Å². The number of nitrogens with one attached hydrogen (secondary N) is 1. The molecule has 2 heterocycles. The molecule has 100 valence electrons. The molecule has 1 aliphatic rings. The van der Waals surface area contributed by atoms with E-state index in [1.54, 1.807) is 0 Å². The first-order valence-electron chi connectivity index (χ1n) is 6.46. The maximum atomic E-state index is 5.63. The molecule has 1 aliphatic heterocycles. The number of rotatable bonds is 3. The highest BCUT2D eigenvalue weighted by molar-refractivity contribution is 5.34. The zero-order valence-corrected chi connectivity index (χ0v) is 11.6. The molecule has 1 fully saturated rings. The van der Waals surface area contributed by atoms with E-state index in [2.05, 4.69) is 34.0 Å². The Kier molecular flexibility index (Phi) is 4.14. The summed E-state index contributed by atoms with van der Waals surface area (Å²) in [6.45, 7) is 8.79. The molecule has 0 bridgehead atoms. The van der Waals surface area contributed by atoms with Crippen LogP contribution in [0.5, 0.6) is 0 Å². The summed E-state index contributed by atoms with van der Waals surface area (Å²) in [7, 11) is 1.88. The highest BCUT2D eigenvalue weighted by atomic mass is 16.5. The zero-order chi connectivity index (χ0) is 13.1. The second-order valence-electron chi connectivity index (χ2n) is 4.98. The molecular formula is C13H22N4O. The summed E-state index contributed by atoms with van der Waals surface area (Å²) in [6.07, 6.45) is 0.287. The fraction of sp³-hybridized carbons (Fsp3) is 0.692. The van der Waals surface area contributed by atoms with Gasteiger partial charge in [-0.2, -0.15) is 0 Å². The van der Waals surface area contributed by atoms with Crippen LogP contribution in [0, 0.1) is 6.92 Å². The summed E-state index contributed by atoms with van der Waals surface area (Å²) in [5, 5.41) is 3.07. The van der Waals surface area contributed by atoms with Crippen LogP contribution in [0.2, 0.25) is 0 Å². The van der Waals surface area contributed by atoms with Gasteiger partial charge in [0, 0.05) is 31.4 Å². The van der Waals surface area contributed by atoms with E-state index < -0.39 is 0 Å². The molecule has 18 heavy (non-hydrogen) atoms. The zero-order valence-electron chi connectivity index (χ0n) is 11.6. The number of ether oxygens (including phenoxy) is 1. The van der Waals surface area contributed by atoms with E-state index >= 15 is 0 Å². The molecular weight excluding hydrogens is 228 g/mol. The van der Waals surface area contributed by atoms with Gasteiger partial charge in [-0.15, -0.1) is 0 Å². The van der Waals surface area contributed by atoms with Crippen molar-refractivity contribution >= 4 is 5.82 Å². The molecule has 2 rings (SSSR count). The van der Waals surface area contributed by atoms with Gasteiger partial charge in [0.05, 0.1) is 19.3 Å². The first kappa shape index (κ1) is 13.2. The average Bonchev–Trinajstić information content (AvgIpc) is 2.33. The van der Waals surface area contributed by atoms with Gasteiger partial charge in [0.25, 0.3) is 0 Å². The van der Waals surface area contributed by atoms with Crippen molar-refractivity contribution in [2.45, 2.75) is 39.5 Å². The van der Waals surface area contributed by atoms with Crippen LogP contribution in [-0.4, -0.2) is 47.2 Å². The van der Waals surface area contributed by atoms with Crippen molar-refractivity contribution < 1.29 is 4.74 Å².